The predicted octanol–water partition coefficient (Wildman–Crippen LogP) is 5.20. The Morgan fingerprint density at radius 3 is 2.43 bits per heavy atom. The third kappa shape index (κ3) is 6.19. The normalized spacial score (nSPS) is 12.2. The van der Waals surface area contributed by atoms with Gasteiger partial charge in [0.2, 0.25) is 5.91 Å². The van der Waals surface area contributed by atoms with Crippen molar-refractivity contribution in [1.82, 2.24) is 20.1 Å². The summed E-state index contributed by atoms with van der Waals surface area (Å²) in [7, 11) is 0. The first-order valence-electron chi connectivity index (χ1n) is 10.1. The highest BCUT2D eigenvalue weighted by atomic mass is 79.9. The van der Waals surface area contributed by atoms with E-state index in [2.05, 4.69) is 62.0 Å². The summed E-state index contributed by atoms with van der Waals surface area (Å²) < 4.78 is 3.13. The van der Waals surface area contributed by atoms with Gasteiger partial charge in [0.1, 0.15) is 0 Å². The summed E-state index contributed by atoms with van der Waals surface area (Å²) in [6.07, 6.45) is 0.868. The summed E-state index contributed by atoms with van der Waals surface area (Å²) in [6.45, 7) is 6.97. The highest BCUT2D eigenvalue weighted by Crippen LogP contribution is 2.26. The molecular weight excluding hydrogens is 460 g/mol. The minimum Gasteiger partial charge on any atom is -0.353 e. The zero-order valence-electron chi connectivity index (χ0n) is 17.5. The molecule has 3 aromatic rings. The molecule has 0 saturated carbocycles. The van der Waals surface area contributed by atoms with E-state index in [4.69, 9.17) is 0 Å². The van der Waals surface area contributed by atoms with Gasteiger partial charge in [0.15, 0.2) is 11.0 Å². The molecule has 0 aliphatic heterocycles. The molecule has 30 heavy (non-hydrogen) atoms. The topological polar surface area (TPSA) is 59.8 Å². The van der Waals surface area contributed by atoms with Gasteiger partial charge in [0.05, 0.1) is 5.75 Å². The quantitative estimate of drug-likeness (QED) is 0.422. The average molecular weight is 487 g/mol. The molecule has 0 aliphatic carbocycles. The van der Waals surface area contributed by atoms with Crippen molar-refractivity contribution in [3.63, 3.8) is 0 Å². The van der Waals surface area contributed by atoms with Crippen LogP contribution < -0.4 is 5.32 Å². The lowest BCUT2D eigenvalue weighted by molar-refractivity contribution is -0.119. The summed E-state index contributed by atoms with van der Waals surface area (Å²) in [5.74, 6) is 1.55. The number of aryl methyl sites for hydroxylation is 1. The van der Waals surface area contributed by atoms with Gasteiger partial charge in [-0.05, 0) is 37.0 Å². The third-order valence-corrected chi connectivity index (χ3v) is 6.50. The molecule has 1 amide bonds. The first kappa shape index (κ1) is 22.6. The number of carbonyl (C=O) groups is 1. The largest absolute Gasteiger partial charge is 0.353 e. The van der Waals surface area contributed by atoms with Gasteiger partial charge in [-0.25, -0.2) is 0 Å². The van der Waals surface area contributed by atoms with E-state index in [1.54, 1.807) is 0 Å². The van der Waals surface area contributed by atoms with Gasteiger partial charge in [0, 0.05) is 22.6 Å². The SMILES string of the molecule is CC(C)C(C)NC(=O)CSc1nnc(-c2ccc(Br)cc2)n1CCc1ccccc1. The van der Waals surface area contributed by atoms with E-state index in [-0.39, 0.29) is 11.9 Å². The highest BCUT2D eigenvalue weighted by Gasteiger charge is 2.17. The van der Waals surface area contributed by atoms with Crippen molar-refractivity contribution >= 4 is 33.6 Å². The third-order valence-electron chi connectivity index (χ3n) is 5.01. The van der Waals surface area contributed by atoms with Crippen LogP contribution in [0.4, 0.5) is 0 Å². The van der Waals surface area contributed by atoms with Gasteiger partial charge in [-0.3, -0.25) is 4.79 Å². The van der Waals surface area contributed by atoms with Crippen molar-refractivity contribution in [2.24, 2.45) is 5.92 Å². The Kier molecular flexibility index (Phi) is 8.10. The van der Waals surface area contributed by atoms with Crippen molar-refractivity contribution in [1.29, 1.82) is 0 Å². The second-order valence-electron chi connectivity index (χ2n) is 7.59. The smallest absolute Gasteiger partial charge is 0.230 e. The number of thioether (sulfide) groups is 1. The van der Waals surface area contributed by atoms with Crippen molar-refractivity contribution in [2.45, 2.75) is 44.9 Å². The van der Waals surface area contributed by atoms with Gasteiger partial charge in [-0.2, -0.15) is 0 Å². The van der Waals surface area contributed by atoms with Gasteiger partial charge in [0.25, 0.3) is 0 Å². The molecule has 1 atom stereocenters. The molecule has 0 fully saturated rings. The van der Waals surface area contributed by atoms with E-state index < -0.39 is 0 Å². The van der Waals surface area contributed by atoms with E-state index in [1.807, 2.05) is 49.4 Å². The summed E-state index contributed by atoms with van der Waals surface area (Å²) in [5, 5.41) is 12.6. The summed E-state index contributed by atoms with van der Waals surface area (Å²) in [4.78, 5) is 12.3. The molecule has 0 radical (unpaired) electrons. The number of amides is 1. The standard InChI is InChI=1S/C23H27BrN4OS/c1-16(2)17(3)25-21(29)15-30-23-27-26-22(19-9-11-20(24)12-10-19)28(23)14-13-18-7-5-4-6-8-18/h4-12,16-17H,13-15H2,1-3H3,(H,25,29). The molecule has 0 spiro atoms. The van der Waals surface area contributed by atoms with E-state index >= 15 is 0 Å². The molecule has 0 aliphatic rings. The lowest BCUT2D eigenvalue weighted by Gasteiger charge is -2.17. The number of hydrogen-bond donors (Lipinski definition) is 1. The lowest BCUT2D eigenvalue weighted by atomic mass is 10.1. The predicted molar refractivity (Wildman–Crippen MR) is 126 cm³/mol. The van der Waals surface area contributed by atoms with Crippen molar-refractivity contribution in [3.05, 3.63) is 64.6 Å². The van der Waals surface area contributed by atoms with Gasteiger partial charge in [-0.1, -0.05) is 84.0 Å². The average Bonchev–Trinajstić information content (AvgIpc) is 3.14. The monoisotopic (exact) mass is 486 g/mol. The van der Waals surface area contributed by atoms with Crippen LogP contribution in [0.2, 0.25) is 0 Å². The molecule has 158 valence electrons. The first-order chi connectivity index (χ1) is 14.4. The van der Waals surface area contributed by atoms with E-state index in [9.17, 15) is 4.79 Å². The Hall–Kier alpha value is -2.12. The zero-order valence-corrected chi connectivity index (χ0v) is 19.9. The Balaban J connectivity index is 1.78. The van der Waals surface area contributed by atoms with Gasteiger partial charge >= 0.3 is 0 Å². The minimum atomic E-state index is 0.0176. The van der Waals surface area contributed by atoms with Crippen LogP contribution in [0.3, 0.4) is 0 Å². The highest BCUT2D eigenvalue weighted by molar-refractivity contribution is 9.10. The van der Waals surface area contributed by atoms with Crippen LogP contribution in [0, 0.1) is 5.92 Å². The van der Waals surface area contributed by atoms with Crippen LogP contribution in [-0.2, 0) is 17.8 Å². The summed E-state index contributed by atoms with van der Waals surface area (Å²) >= 11 is 4.91. The van der Waals surface area contributed by atoms with Crippen LogP contribution in [0.15, 0.2) is 64.2 Å². The Bertz CT molecular complexity index is 957. The van der Waals surface area contributed by atoms with Crippen LogP contribution in [-0.4, -0.2) is 32.5 Å². The number of nitrogens with zero attached hydrogens (tertiary/aromatic N) is 3. The second kappa shape index (κ2) is 10.8. The fourth-order valence-corrected chi connectivity index (χ4v) is 3.93. The summed E-state index contributed by atoms with van der Waals surface area (Å²) in [6, 6.07) is 18.6. The maximum absolute atomic E-state index is 12.3. The number of hydrogen-bond acceptors (Lipinski definition) is 4. The molecule has 5 nitrogen and oxygen atoms in total. The van der Waals surface area contributed by atoms with Crippen molar-refractivity contribution < 1.29 is 4.79 Å². The van der Waals surface area contributed by atoms with Crippen LogP contribution in [0.1, 0.15) is 26.3 Å². The number of rotatable bonds is 9. The molecule has 3 rings (SSSR count). The Labute approximate surface area is 190 Å². The fraction of sp³-hybridized carbons (Fsp3) is 0.348. The molecule has 2 aromatic carbocycles. The molecule has 1 unspecified atom stereocenters. The molecule has 0 bridgehead atoms. The van der Waals surface area contributed by atoms with Crippen LogP contribution in [0.25, 0.3) is 11.4 Å². The van der Waals surface area contributed by atoms with E-state index in [0.717, 1.165) is 34.0 Å². The molecule has 1 N–H and O–H groups in total. The van der Waals surface area contributed by atoms with Crippen LogP contribution in [0.5, 0.6) is 0 Å². The van der Waals surface area contributed by atoms with E-state index in [1.165, 1.54) is 17.3 Å². The van der Waals surface area contributed by atoms with Gasteiger partial charge in [-0.15, -0.1) is 10.2 Å². The number of aromatic nitrogens is 3. The van der Waals surface area contributed by atoms with Crippen molar-refractivity contribution in [2.75, 3.05) is 5.75 Å². The Morgan fingerprint density at radius 1 is 1.07 bits per heavy atom. The molecule has 1 aromatic heterocycles. The first-order valence-corrected chi connectivity index (χ1v) is 11.9. The minimum absolute atomic E-state index is 0.0176. The van der Waals surface area contributed by atoms with Gasteiger partial charge < -0.3 is 9.88 Å². The zero-order chi connectivity index (χ0) is 21.5. The van der Waals surface area contributed by atoms with Crippen LogP contribution >= 0.6 is 27.7 Å². The molecular formula is C23H27BrN4OS. The summed E-state index contributed by atoms with van der Waals surface area (Å²) in [5.41, 5.74) is 2.26. The number of carbonyl (C=O) groups excluding carboxylic acids is 1. The maximum atomic E-state index is 12.3. The second-order valence-corrected chi connectivity index (χ2v) is 9.45. The molecule has 1 heterocycles. The number of halogens is 1. The lowest BCUT2D eigenvalue weighted by Crippen LogP contribution is -2.37. The fourth-order valence-electron chi connectivity index (χ4n) is 2.89. The number of benzene rings is 2. The Morgan fingerprint density at radius 2 is 1.77 bits per heavy atom. The van der Waals surface area contributed by atoms with E-state index in [0.29, 0.717) is 11.7 Å². The molecule has 0 saturated heterocycles. The molecule has 7 heteroatoms. The van der Waals surface area contributed by atoms with Crippen molar-refractivity contribution in [3.8, 4) is 11.4 Å². The maximum Gasteiger partial charge on any atom is 0.230 e. The number of nitrogens with one attached hydrogen (secondary N) is 1.